The van der Waals surface area contributed by atoms with Gasteiger partial charge in [-0.05, 0) is 25.8 Å². The van der Waals surface area contributed by atoms with Gasteiger partial charge in [-0.1, -0.05) is 12.1 Å². The van der Waals surface area contributed by atoms with E-state index in [1.807, 2.05) is 6.92 Å². The fourth-order valence-corrected chi connectivity index (χ4v) is 2.01. The van der Waals surface area contributed by atoms with Crippen molar-refractivity contribution in [3.8, 4) is 0 Å². The van der Waals surface area contributed by atoms with Gasteiger partial charge in [-0.15, -0.1) is 0 Å². The van der Waals surface area contributed by atoms with Gasteiger partial charge in [0.2, 0.25) is 5.91 Å². The Labute approximate surface area is 118 Å². The van der Waals surface area contributed by atoms with Crippen molar-refractivity contribution in [2.45, 2.75) is 26.2 Å². The molecule has 110 valence electrons. The SMILES string of the molecule is CCN(CCCO)C(=O)C(C)c1cccc([N+](=O)[O-])c1. The molecule has 0 bridgehead atoms. The van der Waals surface area contributed by atoms with E-state index in [1.165, 1.54) is 12.1 Å². The minimum atomic E-state index is -0.468. The first-order chi connectivity index (χ1) is 9.51. The molecule has 0 saturated heterocycles. The smallest absolute Gasteiger partial charge is 0.269 e. The Kier molecular flexibility index (Phi) is 6.11. The first-order valence-electron chi connectivity index (χ1n) is 6.65. The lowest BCUT2D eigenvalue weighted by Crippen LogP contribution is -2.35. The van der Waals surface area contributed by atoms with Crippen molar-refractivity contribution < 1.29 is 14.8 Å². The number of likely N-dealkylation sites (N-methyl/N-ethyl adjacent to an activating group) is 1. The molecule has 0 radical (unpaired) electrons. The van der Waals surface area contributed by atoms with Gasteiger partial charge in [0, 0.05) is 31.8 Å². The van der Waals surface area contributed by atoms with Crippen LogP contribution in [0.1, 0.15) is 31.7 Å². The third kappa shape index (κ3) is 4.03. The third-order valence-corrected chi connectivity index (χ3v) is 3.23. The summed E-state index contributed by atoms with van der Waals surface area (Å²) in [5.74, 6) is -0.519. The third-order valence-electron chi connectivity index (χ3n) is 3.23. The predicted molar refractivity (Wildman–Crippen MR) is 75.5 cm³/mol. The molecule has 6 heteroatoms. The second-order valence-corrected chi connectivity index (χ2v) is 4.57. The number of amides is 1. The van der Waals surface area contributed by atoms with E-state index in [0.717, 1.165) is 0 Å². The molecule has 1 N–H and O–H groups in total. The molecule has 0 aliphatic carbocycles. The van der Waals surface area contributed by atoms with Crippen molar-refractivity contribution in [3.63, 3.8) is 0 Å². The molecular weight excluding hydrogens is 260 g/mol. The average Bonchev–Trinajstić information content (AvgIpc) is 2.47. The van der Waals surface area contributed by atoms with Crippen molar-refractivity contribution in [3.05, 3.63) is 39.9 Å². The van der Waals surface area contributed by atoms with E-state index in [-0.39, 0.29) is 18.2 Å². The number of carbonyl (C=O) groups is 1. The van der Waals surface area contributed by atoms with Crippen LogP contribution in [0.3, 0.4) is 0 Å². The van der Waals surface area contributed by atoms with E-state index in [2.05, 4.69) is 0 Å². The number of aliphatic hydroxyl groups is 1. The average molecular weight is 280 g/mol. The molecule has 0 spiro atoms. The van der Waals surface area contributed by atoms with Crippen molar-refractivity contribution in [1.82, 2.24) is 4.90 Å². The van der Waals surface area contributed by atoms with Gasteiger partial charge in [0.15, 0.2) is 0 Å². The molecule has 0 aliphatic rings. The highest BCUT2D eigenvalue weighted by molar-refractivity contribution is 5.83. The lowest BCUT2D eigenvalue weighted by atomic mass is 9.99. The summed E-state index contributed by atoms with van der Waals surface area (Å²) in [4.78, 5) is 24.3. The Morgan fingerprint density at radius 2 is 2.20 bits per heavy atom. The molecule has 0 aliphatic heterocycles. The Balaban J connectivity index is 2.87. The number of nitrogens with zero attached hydrogens (tertiary/aromatic N) is 2. The molecule has 0 aromatic heterocycles. The second-order valence-electron chi connectivity index (χ2n) is 4.57. The van der Waals surface area contributed by atoms with Crippen LogP contribution in [0.25, 0.3) is 0 Å². The van der Waals surface area contributed by atoms with Gasteiger partial charge in [-0.3, -0.25) is 14.9 Å². The molecule has 1 aromatic rings. The van der Waals surface area contributed by atoms with Gasteiger partial charge in [0.25, 0.3) is 5.69 Å². The lowest BCUT2D eigenvalue weighted by molar-refractivity contribution is -0.384. The van der Waals surface area contributed by atoms with Gasteiger partial charge >= 0.3 is 0 Å². The molecule has 1 unspecified atom stereocenters. The number of rotatable bonds is 7. The maximum atomic E-state index is 12.3. The maximum absolute atomic E-state index is 12.3. The van der Waals surface area contributed by atoms with Gasteiger partial charge in [-0.2, -0.15) is 0 Å². The summed E-state index contributed by atoms with van der Waals surface area (Å²) in [5.41, 5.74) is 0.618. The van der Waals surface area contributed by atoms with Gasteiger partial charge in [-0.25, -0.2) is 0 Å². The highest BCUT2D eigenvalue weighted by Gasteiger charge is 2.22. The first-order valence-corrected chi connectivity index (χ1v) is 6.65. The minimum absolute atomic E-state index is 0.0134. The number of aliphatic hydroxyl groups excluding tert-OH is 1. The predicted octanol–water partition coefficient (Wildman–Crippen LogP) is 1.93. The van der Waals surface area contributed by atoms with Crippen LogP contribution in [0.5, 0.6) is 0 Å². The van der Waals surface area contributed by atoms with Crippen molar-refractivity contribution >= 4 is 11.6 Å². The highest BCUT2D eigenvalue weighted by atomic mass is 16.6. The summed E-state index contributed by atoms with van der Waals surface area (Å²) >= 11 is 0. The number of carbonyl (C=O) groups excluding carboxylic acids is 1. The number of hydrogen-bond acceptors (Lipinski definition) is 4. The van der Waals surface area contributed by atoms with Gasteiger partial charge in [0.05, 0.1) is 10.8 Å². The van der Waals surface area contributed by atoms with Crippen LogP contribution in [0, 0.1) is 10.1 Å². The largest absolute Gasteiger partial charge is 0.396 e. The molecule has 0 fully saturated rings. The highest BCUT2D eigenvalue weighted by Crippen LogP contribution is 2.22. The zero-order valence-electron chi connectivity index (χ0n) is 11.8. The number of nitro groups is 1. The van der Waals surface area contributed by atoms with Crippen LogP contribution in [-0.4, -0.2) is 40.5 Å². The van der Waals surface area contributed by atoms with Gasteiger partial charge < -0.3 is 10.0 Å². The molecule has 1 atom stereocenters. The van der Waals surface area contributed by atoms with E-state index in [9.17, 15) is 14.9 Å². The normalized spacial score (nSPS) is 11.9. The molecule has 1 aromatic carbocycles. The number of non-ortho nitro benzene ring substituents is 1. The van der Waals surface area contributed by atoms with Crippen molar-refractivity contribution in [2.75, 3.05) is 19.7 Å². The standard InChI is InChI=1S/C14H20N2O4/c1-3-15(8-5-9-17)14(18)11(2)12-6-4-7-13(10-12)16(19)20/h4,6-7,10-11,17H,3,5,8-9H2,1-2H3. The summed E-state index contributed by atoms with van der Waals surface area (Å²) in [6.45, 7) is 4.69. The summed E-state index contributed by atoms with van der Waals surface area (Å²) in [6.07, 6.45) is 0.529. The van der Waals surface area contributed by atoms with E-state index in [1.54, 1.807) is 24.0 Å². The number of nitro benzene ring substituents is 1. The Bertz CT molecular complexity index is 476. The Hall–Kier alpha value is -1.95. The van der Waals surface area contributed by atoms with E-state index < -0.39 is 10.8 Å². The molecule has 20 heavy (non-hydrogen) atoms. The van der Waals surface area contributed by atoms with Gasteiger partial charge in [0.1, 0.15) is 0 Å². The molecule has 1 amide bonds. The molecule has 1 rings (SSSR count). The second kappa shape index (κ2) is 7.59. The number of benzene rings is 1. The maximum Gasteiger partial charge on any atom is 0.269 e. The molecular formula is C14H20N2O4. The summed E-state index contributed by atoms with van der Waals surface area (Å²) < 4.78 is 0. The van der Waals surface area contributed by atoms with Crippen LogP contribution < -0.4 is 0 Å². The minimum Gasteiger partial charge on any atom is -0.396 e. The zero-order valence-corrected chi connectivity index (χ0v) is 11.8. The van der Waals surface area contributed by atoms with Crippen LogP contribution in [0.2, 0.25) is 0 Å². The van der Waals surface area contributed by atoms with Crippen LogP contribution >= 0.6 is 0 Å². The fraction of sp³-hybridized carbons (Fsp3) is 0.500. The number of hydrogen-bond donors (Lipinski definition) is 1. The topological polar surface area (TPSA) is 83.7 Å². The molecule has 0 saturated carbocycles. The van der Waals surface area contributed by atoms with Crippen molar-refractivity contribution in [1.29, 1.82) is 0 Å². The molecule has 0 heterocycles. The van der Waals surface area contributed by atoms with Crippen LogP contribution in [0.15, 0.2) is 24.3 Å². The quantitative estimate of drug-likeness (QED) is 0.611. The Morgan fingerprint density at radius 1 is 1.50 bits per heavy atom. The summed E-state index contributed by atoms with van der Waals surface area (Å²) in [5, 5.41) is 19.6. The van der Waals surface area contributed by atoms with E-state index >= 15 is 0 Å². The van der Waals surface area contributed by atoms with Crippen LogP contribution in [-0.2, 0) is 4.79 Å². The zero-order chi connectivity index (χ0) is 15.1. The summed E-state index contributed by atoms with van der Waals surface area (Å²) in [7, 11) is 0. The summed E-state index contributed by atoms with van der Waals surface area (Å²) in [6, 6.07) is 6.14. The Morgan fingerprint density at radius 3 is 2.75 bits per heavy atom. The molecule has 6 nitrogen and oxygen atoms in total. The van der Waals surface area contributed by atoms with E-state index in [0.29, 0.717) is 25.1 Å². The first kappa shape index (κ1) is 16.1. The van der Waals surface area contributed by atoms with Crippen molar-refractivity contribution in [2.24, 2.45) is 0 Å². The van der Waals surface area contributed by atoms with Crippen LogP contribution in [0.4, 0.5) is 5.69 Å². The van der Waals surface area contributed by atoms with E-state index in [4.69, 9.17) is 5.11 Å². The fourth-order valence-electron chi connectivity index (χ4n) is 2.01. The monoisotopic (exact) mass is 280 g/mol. The lowest BCUT2D eigenvalue weighted by Gasteiger charge is -2.24.